The zero-order chi connectivity index (χ0) is 3.58. The molecule has 0 aliphatic heterocycles. The van der Waals surface area contributed by atoms with Crippen LogP contribution in [0.25, 0.3) is 0 Å². The molecule has 0 saturated heterocycles. The molecule has 0 spiro atoms. The van der Waals surface area contributed by atoms with Crippen LogP contribution in [0.4, 0.5) is 0 Å². The van der Waals surface area contributed by atoms with Crippen LogP contribution in [0.2, 0.25) is 0 Å². The SMILES string of the molecule is O[As](O)S.[Na]. The Morgan fingerprint density at radius 3 is 1.40 bits per heavy atom. The van der Waals surface area contributed by atoms with Crippen LogP contribution in [0.3, 0.4) is 0 Å². The summed E-state index contributed by atoms with van der Waals surface area (Å²) >= 11 is -2.49. The van der Waals surface area contributed by atoms with E-state index < -0.39 is 14.2 Å². The minimum Gasteiger partial charge on any atom is 0 e. The summed E-state index contributed by atoms with van der Waals surface area (Å²) in [5.41, 5.74) is 0. The fourth-order valence-corrected chi connectivity index (χ4v) is 0. The van der Waals surface area contributed by atoms with Crippen LogP contribution in [0.15, 0.2) is 0 Å². The zero-order valence-electron chi connectivity index (χ0n) is 2.79. The molecule has 0 aromatic carbocycles. The first-order valence-corrected chi connectivity index (χ1v) is 5.20. The van der Waals surface area contributed by atoms with Crippen LogP contribution in [0.1, 0.15) is 0 Å². The first-order chi connectivity index (χ1) is 1.73. The summed E-state index contributed by atoms with van der Waals surface area (Å²) in [6.07, 6.45) is 0. The summed E-state index contributed by atoms with van der Waals surface area (Å²) in [5, 5.41) is 0. The van der Waals surface area contributed by atoms with Crippen LogP contribution in [0.5, 0.6) is 0 Å². The van der Waals surface area contributed by atoms with Gasteiger partial charge in [-0.15, -0.1) is 0 Å². The molecule has 0 heterocycles. The zero-order valence-corrected chi connectivity index (χ0v) is 7.56. The number of hydrogen-bond donors (Lipinski definition) is 3. The van der Waals surface area contributed by atoms with Crippen molar-refractivity contribution >= 4 is 54.6 Å². The van der Waals surface area contributed by atoms with Gasteiger partial charge in [0.1, 0.15) is 0 Å². The van der Waals surface area contributed by atoms with E-state index in [9.17, 15) is 0 Å². The molecule has 1 radical (unpaired) electrons. The molecular weight excluding hydrogens is 162 g/mol. The largest absolute Gasteiger partial charge is 0 e. The first-order valence-electron chi connectivity index (χ1n) is 0.600. The van der Waals surface area contributed by atoms with E-state index in [0.717, 1.165) is 0 Å². The van der Waals surface area contributed by atoms with Crippen LogP contribution in [-0.2, 0) is 0 Å². The van der Waals surface area contributed by atoms with Gasteiger partial charge in [-0.1, -0.05) is 0 Å². The Balaban J connectivity index is 0. The Labute approximate surface area is 62.2 Å². The average Bonchev–Trinajstić information content (AvgIpc) is 0.811. The summed E-state index contributed by atoms with van der Waals surface area (Å²) in [7, 11) is 3.22. The molecule has 27 valence electrons. The van der Waals surface area contributed by atoms with E-state index in [0.29, 0.717) is 0 Å². The van der Waals surface area contributed by atoms with Crippen molar-refractivity contribution in [1.82, 2.24) is 0 Å². The van der Waals surface area contributed by atoms with Crippen LogP contribution >= 0.6 is 10.9 Å². The number of rotatable bonds is 0. The van der Waals surface area contributed by atoms with Gasteiger partial charge in [-0.3, -0.25) is 0 Å². The van der Waals surface area contributed by atoms with Gasteiger partial charge < -0.3 is 0 Å². The van der Waals surface area contributed by atoms with E-state index in [1.54, 1.807) is 0 Å². The topological polar surface area (TPSA) is 40.5 Å². The third-order valence-corrected chi connectivity index (χ3v) is 0. The van der Waals surface area contributed by atoms with Gasteiger partial charge in [-0.25, -0.2) is 0 Å². The van der Waals surface area contributed by atoms with E-state index in [1.807, 2.05) is 0 Å². The Morgan fingerprint density at radius 1 is 1.40 bits per heavy atom. The maximum Gasteiger partial charge on any atom is 0 e. The van der Waals surface area contributed by atoms with Crippen molar-refractivity contribution < 1.29 is 8.19 Å². The van der Waals surface area contributed by atoms with Crippen molar-refractivity contribution in [3.63, 3.8) is 0 Å². The van der Waals surface area contributed by atoms with E-state index in [4.69, 9.17) is 8.19 Å². The summed E-state index contributed by atoms with van der Waals surface area (Å²) < 4.78 is 15.2. The third kappa shape index (κ3) is 25.6. The van der Waals surface area contributed by atoms with Crippen molar-refractivity contribution in [3.05, 3.63) is 0 Å². The molecule has 5 heavy (non-hydrogen) atoms. The fraction of sp³-hybridized carbons (Fsp3) is 0. The van der Waals surface area contributed by atoms with Gasteiger partial charge in [0.2, 0.25) is 0 Å². The van der Waals surface area contributed by atoms with Gasteiger partial charge in [0.15, 0.2) is 0 Å². The molecule has 0 aromatic rings. The van der Waals surface area contributed by atoms with Gasteiger partial charge in [0, 0.05) is 29.6 Å². The Morgan fingerprint density at radius 2 is 1.40 bits per heavy atom. The maximum absolute atomic E-state index is 7.62. The van der Waals surface area contributed by atoms with Crippen molar-refractivity contribution in [2.75, 3.05) is 0 Å². The molecule has 0 aromatic heterocycles. The van der Waals surface area contributed by atoms with Gasteiger partial charge >= 0.3 is 33.3 Å². The van der Waals surface area contributed by atoms with Gasteiger partial charge in [-0.05, 0) is 0 Å². The molecule has 0 aliphatic rings. The first kappa shape index (κ1) is 9.95. The van der Waals surface area contributed by atoms with Crippen molar-refractivity contribution in [1.29, 1.82) is 0 Å². The minimum absolute atomic E-state index is 0. The quantitative estimate of drug-likeness (QED) is 0.302. The molecule has 5 heteroatoms. The average molecular weight is 165 g/mol. The predicted molar refractivity (Wildman–Crippen MR) is 24.9 cm³/mol. The van der Waals surface area contributed by atoms with Crippen LogP contribution in [-0.4, -0.2) is 51.9 Å². The van der Waals surface area contributed by atoms with Crippen molar-refractivity contribution in [3.8, 4) is 0 Å². The second-order valence-corrected chi connectivity index (χ2v) is 3.25. The third-order valence-electron chi connectivity index (χ3n) is 0. The molecule has 0 unspecified atom stereocenters. The minimum atomic E-state index is -2.49. The van der Waals surface area contributed by atoms with Crippen molar-refractivity contribution in [2.24, 2.45) is 0 Å². The Kier molecular flexibility index (Phi) is 11.6. The summed E-state index contributed by atoms with van der Waals surface area (Å²) in [6, 6.07) is 0. The maximum atomic E-state index is 7.62. The van der Waals surface area contributed by atoms with E-state index in [-0.39, 0.29) is 29.6 Å². The van der Waals surface area contributed by atoms with E-state index >= 15 is 0 Å². The molecule has 0 saturated carbocycles. The standard InChI is InChI=1S/AsH3O2S.Na/c2-1(3)4;/h2-4H;. The van der Waals surface area contributed by atoms with Gasteiger partial charge in [0.25, 0.3) is 0 Å². The molecular formula is H3AsNaO2S. The van der Waals surface area contributed by atoms with Crippen LogP contribution < -0.4 is 0 Å². The Bertz CT molecular complexity index is 14.4. The predicted octanol–water partition coefficient (Wildman–Crippen LogP) is -1.50. The van der Waals surface area contributed by atoms with Crippen molar-refractivity contribution in [2.45, 2.75) is 0 Å². The molecule has 0 aliphatic carbocycles. The summed E-state index contributed by atoms with van der Waals surface area (Å²) in [6.45, 7) is 0. The van der Waals surface area contributed by atoms with Gasteiger partial charge in [-0.2, -0.15) is 0 Å². The molecule has 2 N–H and O–H groups in total. The molecule has 0 atom stereocenters. The van der Waals surface area contributed by atoms with E-state index in [1.165, 1.54) is 0 Å². The monoisotopic (exact) mass is 165 g/mol. The number of thiol groups is 1. The fourth-order valence-electron chi connectivity index (χ4n) is 0. The smallest absolute Gasteiger partial charge is 0 e. The summed E-state index contributed by atoms with van der Waals surface area (Å²) in [5.74, 6) is 0. The van der Waals surface area contributed by atoms with Crippen LogP contribution in [0, 0.1) is 0 Å². The molecule has 0 bridgehead atoms. The van der Waals surface area contributed by atoms with Gasteiger partial charge in [0.05, 0.1) is 0 Å². The molecule has 0 amide bonds. The summed E-state index contributed by atoms with van der Waals surface area (Å²) in [4.78, 5) is 0. The number of hydrogen-bond acceptors (Lipinski definition) is 3. The molecule has 0 fully saturated rings. The molecule has 2 nitrogen and oxygen atoms in total. The molecule has 0 rings (SSSR count). The second-order valence-electron chi connectivity index (χ2n) is 0.268. The van der Waals surface area contributed by atoms with E-state index in [2.05, 4.69) is 10.9 Å². The second kappa shape index (κ2) is 5.83. The normalized spacial score (nSPS) is 7.20. The Hall–Kier alpha value is 1.83.